The average Bonchev–Trinajstić information content (AvgIpc) is 2.73. The molecule has 0 bridgehead atoms. The van der Waals surface area contributed by atoms with Gasteiger partial charge in [-0.15, -0.1) is 0 Å². The third-order valence-electron chi connectivity index (χ3n) is 5.61. The minimum absolute atomic E-state index is 0.0278. The van der Waals surface area contributed by atoms with Crippen LogP contribution in [-0.2, 0) is 0 Å². The Morgan fingerprint density at radius 1 is 1.19 bits per heavy atom. The van der Waals surface area contributed by atoms with Crippen LogP contribution in [0.2, 0.25) is 0 Å². The molecule has 0 aliphatic carbocycles. The van der Waals surface area contributed by atoms with Crippen molar-refractivity contribution in [3.05, 3.63) is 58.1 Å². The second kappa shape index (κ2) is 8.16. The third kappa shape index (κ3) is 3.64. The number of carboxylic acids is 1. The normalized spacial score (nSPS) is 18.7. The molecule has 168 valence electrons. The molecule has 1 saturated heterocycles. The van der Waals surface area contributed by atoms with Gasteiger partial charge >= 0.3 is 5.97 Å². The molecule has 0 saturated carbocycles. The Morgan fingerprint density at radius 2 is 1.81 bits per heavy atom. The summed E-state index contributed by atoms with van der Waals surface area (Å²) < 4.78 is 22.6. The molecule has 2 atom stereocenters. The van der Waals surface area contributed by atoms with E-state index in [1.807, 2.05) is 18.7 Å². The number of aromatic nitrogens is 1. The molecule has 1 fully saturated rings. The lowest BCUT2D eigenvalue weighted by molar-refractivity contribution is 0.0695. The van der Waals surface area contributed by atoms with E-state index in [2.05, 4.69) is 5.32 Å². The Morgan fingerprint density at radius 3 is 2.38 bits per heavy atom. The van der Waals surface area contributed by atoms with Crippen molar-refractivity contribution in [1.29, 1.82) is 0 Å². The molecule has 32 heavy (non-hydrogen) atoms. The van der Waals surface area contributed by atoms with E-state index < -0.39 is 22.8 Å². The third-order valence-corrected chi connectivity index (χ3v) is 5.61. The quantitative estimate of drug-likeness (QED) is 0.572. The van der Waals surface area contributed by atoms with Gasteiger partial charge in [0.25, 0.3) is 0 Å². The lowest BCUT2D eigenvalue weighted by Gasteiger charge is -2.38. The summed E-state index contributed by atoms with van der Waals surface area (Å²) in [7, 11) is 1.39. The fraction of sp³-hybridized carbons (Fsp3) is 0.304. The molecule has 0 amide bonds. The number of phenols is 1. The van der Waals surface area contributed by atoms with Crippen LogP contribution in [0.5, 0.6) is 11.5 Å². The predicted octanol–water partition coefficient (Wildman–Crippen LogP) is 2.73. The summed E-state index contributed by atoms with van der Waals surface area (Å²) in [6, 6.07) is 7.31. The maximum atomic E-state index is 15.4. The molecule has 2 aromatic carbocycles. The fourth-order valence-electron chi connectivity index (χ4n) is 4.38. The molecule has 0 unspecified atom stereocenters. The van der Waals surface area contributed by atoms with Crippen molar-refractivity contribution in [2.45, 2.75) is 25.9 Å². The minimum atomic E-state index is -1.42. The Bertz CT molecular complexity index is 1250. The van der Waals surface area contributed by atoms with Crippen LogP contribution in [0.3, 0.4) is 0 Å². The number of phenolic OH excluding ortho intramolecular Hbond substituents is 1. The van der Waals surface area contributed by atoms with Gasteiger partial charge in [0, 0.05) is 37.1 Å². The molecule has 8 nitrogen and oxygen atoms in total. The van der Waals surface area contributed by atoms with Gasteiger partial charge in [0.1, 0.15) is 22.5 Å². The first-order valence-corrected chi connectivity index (χ1v) is 10.2. The predicted molar refractivity (Wildman–Crippen MR) is 119 cm³/mol. The molecule has 1 aliphatic heterocycles. The van der Waals surface area contributed by atoms with E-state index >= 15 is 4.39 Å². The van der Waals surface area contributed by atoms with Crippen molar-refractivity contribution >= 4 is 22.6 Å². The summed E-state index contributed by atoms with van der Waals surface area (Å²) in [5.74, 6) is -1.91. The standard InChI is InChI=1S/C23H24FN3O5/c1-12-9-26(10-13(2)25-12)20-18(24)8-16-19(22(20)32-3)27(11-17(21(16)29)23(30)31)14-4-6-15(28)7-5-14/h4-8,11-13,25,28H,9-10H2,1-3H3,(H,30,31)/t12-,13+. The van der Waals surface area contributed by atoms with Gasteiger partial charge in [0.2, 0.25) is 5.43 Å². The van der Waals surface area contributed by atoms with Gasteiger partial charge < -0.3 is 29.7 Å². The number of carbonyl (C=O) groups is 1. The molecule has 0 radical (unpaired) electrons. The number of anilines is 1. The van der Waals surface area contributed by atoms with E-state index in [0.717, 1.165) is 6.07 Å². The number of halogens is 1. The van der Waals surface area contributed by atoms with Crippen LogP contribution in [-0.4, -0.2) is 53.0 Å². The summed E-state index contributed by atoms with van der Waals surface area (Å²) >= 11 is 0. The zero-order valence-electron chi connectivity index (χ0n) is 17.9. The summed E-state index contributed by atoms with van der Waals surface area (Å²) in [6.45, 7) is 5.05. The number of nitrogens with one attached hydrogen (secondary N) is 1. The molecule has 9 heteroatoms. The van der Waals surface area contributed by atoms with Crippen molar-refractivity contribution in [2.75, 3.05) is 25.1 Å². The van der Waals surface area contributed by atoms with E-state index in [4.69, 9.17) is 4.74 Å². The number of aromatic carboxylic acids is 1. The number of rotatable bonds is 4. The van der Waals surface area contributed by atoms with Gasteiger partial charge in [-0.25, -0.2) is 9.18 Å². The van der Waals surface area contributed by atoms with Crippen molar-refractivity contribution in [3.63, 3.8) is 0 Å². The highest BCUT2D eigenvalue weighted by molar-refractivity contribution is 5.97. The molecule has 3 N–H and O–H groups in total. The average molecular weight is 441 g/mol. The lowest BCUT2D eigenvalue weighted by atomic mass is 10.1. The van der Waals surface area contributed by atoms with Gasteiger partial charge in [-0.1, -0.05) is 0 Å². The molecule has 3 aromatic rings. The van der Waals surface area contributed by atoms with Crippen LogP contribution in [0.4, 0.5) is 10.1 Å². The number of methoxy groups -OCH3 is 1. The van der Waals surface area contributed by atoms with E-state index in [1.165, 1.54) is 30.0 Å². The Kier molecular flexibility index (Phi) is 5.52. The van der Waals surface area contributed by atoms with E-state index in [0.29, 0.717) is 18.8 Å². The van der Waals surface area contributed by atoms with Crippen molar-refractivity contribution < 1.29 is 24.1 Å². The maximum Gasteiger partial charge on any atom is 0.341 e. The summed E-state index contributed by atoms with van der Waals surface area (Å²) in [5.41, 5.74) is -0.343. The zero-order valence-corrected chi connectivity index (χ0v) is 17.9. The van der Waals surface area contributed by atoms with Gasteiger partial charge in [-0.2, -0.15) is 0 Å². The van der Waals surface area contributed by atoms with Crippen molar-refractivity contribution in [1.82, 2.24) is 9.88 Å². The summed E-state index contributed by atoms with van der Waals surface area (Å²) in [5, 5.41) is 22.5. The second-order valence-electron chi connectivity index (χ2n) is 8.07. The zero-order chi connectivity index (χ0) is 23.2. The number of hydrogen-bond acceptors (Lipinski definition) is 6. The first-order valence-electron chi connectivity index (χ1n) is 10.2. The Balaban J connectivity index is 2.09. The second-order valence-corrected chi connectivity index (χ2v) is 8.07. The van der Waals surface area contributed by atoms with Gasteiger partial charge in [0.15, 0.2) is 11.6 Å². The van der Waals surface area contributed by atoms with Crippen LogP contribution in [0.1, 0.15) is 24.2 Å². The van der Waals surface area contributed by atoms with Gasteiger partial charge in [0.05, 0.1) is 12.5 Å². The van der Waals surface area contributed by atoms with Crippen LogP contribution < -0.4 is 20.4 Å². The maximum absolute atomic E-state index is 15.4. The Hall–Kier alpha value is -3.59. The molecule has 1 aromatic heterocycles. The molecule has 0 spiro atoms. The number of pyridine rings is 1. The molecule has 4 rings (SSSR count). The van der Waals surface area contributed by atoms with Crippen molar-refractivity contribution in [3.8, 4) is 17.2 Å². The van der Waals surface area contributed by atoms with Crippen LogP contribution >= 0.6 is 0 Å². The topological polar surface area (TPSA) is 104 Å². The van der Waals surface area contributed by atoms with Crippen molar-refractivity contribution in [2.24, 2.45) is 0 Å². The monoisotopic (exact) mass is 441 g/mol. The molecular formula is C23H24FN3O5. The number of carboxylic acid groups (broad SMARTS) is 1. The number of piperazine rings is 1. The number of fused-ring (bicyclic) bond motifs is 1. The smallest absolute Gasteiger partial charge is 0.341 e. The minimum Gasteiger partial charge on any atom is -0.508 e. The molecule has 2 heterocycles. The lowest BCUT2D eigenvalue weighted by Crippen LogP contribution is -2.54. The first kappa shape index (κ1) is 21.6. The van der Waals surface area contributed by atoms with E-state index in [-0.39, 0.29) is 40.2 Å². The van der Waals surface area contributed by atoms with Crippen LogP contribution in [0.15, 0.2) is 41.3 Å². The number of aromatic hydroxyl groups is 1. The highest BCUT2D eigenvalue weighted by Crippen LogP contribution is 2.39. The highest BCUT2D eigenvalue weighted by atomic mass is 19.1. The number of ether oxygens (including phenoxy) is 1. The van der Waals surface area contributed by atoms with E-state index in [1.54, 1.807) is 12.1 Å². The number of nitrogens with zero attached hydrogens (tertiary/aromatic N) is 2. The summed E-state index contributed by atoms with van der Waals surface area (Å²) in [4.78, 5) is 26.5. The summed E-state index contributed by atoms with van der Waals surface area (Å²) in [6.07, 6.45) is 1.20. The van der Waals surface area contributed by atoms with E-state index in [9.17, 15) is 19.8 Å². The molecule has 1 aliphatic rings. The molecular weight excluding hydrogens is 417 g/mol. The highest BCUT2D eigenvalue weighted by Gasteiger charge is 2.29. The van der Waals surface area contributed by atoms with Gasteiger partial charge in [-0.3, -0.25) is 4.79 Å². The SMILES string of the molecule is COc1c(N2C[C@@H](C)N[C@@H](C)C2)c(F)cc2c(=O)c(C(=O)O)cn(-c3ccc(O)cc3)c12. The number of benzene rings is 2. The number of hydrogen-bond donors (Lipinski definition) is 3. The fourth-order valence-corrected chi connectivity index (χ4v) is 4.38. The first-order chi connectivity index (χ1) is 15.2. The van der Waals surface area contributed by atoms with Crippen LogP contribution in [0, 0.1) is 5.82 Å². The Labute approximate surface area is 183 Å². The largest absolute Gasteiger partial charge is 0.508 e. The van der Waals surface area contributed by atoms with Crippen LogP contribution in [0.25, 0.3) is 16.6 Å². The van der Waals surface area contributed by atoms with Gasteiger partial charge in [-0.05, 0) is 44.2 Å².